The van der Waals surface area contributed by atoms with Crippen LogP contribution in [0, 0.1) is 13.8 Å². The maximum atomic E-state index is 13.1. The summed E-state index contributed by atoms with van der Waals surface area (Å²) >= 11 is 0. The molecule has 32 heavy (non-hydrogen) atoms. The molecule has 0 saturated heterocycles. The minimum Gasteiger partial charge on any atom is -0.451 e. The van der Waals surface area contributed by atoms with Crippen molar-refractivity contribution in [1.29, 1.82) is 0 Å². The van der Waals surface area contributed by atoms with E-state index in [4.69, 9.17) is 4.74 Å². The Kier molecular flexibility index (Phi) is 5.45. The number of rotatable bonds is 5. The molecule has 0 radical (unpaired) electrons. The highest BCUT2D eigenvalue weighted by Gasteiger charge is 2.38. The molecule has 0 aromatic heterocycles. The maximum absolute atomic E-state index is 13.1. The number of anilines is 1. The second-order valence-electron chi connectivity index (χ2n) is 7.77. The van der Waals surface area contributed by atoms with E-state index < -0.39 is 23.9 Å². The zero-order valence-corrected chi connectivity index (χ0v) is 17.9. The number of hydrogen-bond acceptors (Lipinski definition) is 5. The van der Waals surface area contributed by atoms with Gasteiger partial charge in [-0.05, 0) is 56.2 Å². The van der Waals surface area contributed by atoms with E-state index in [1.54, 1.807) is 36.4 Å². The van der Waals surface area contributed by atoms with Gasteiger partial charge in [0, 0.05) is 5.56 Å². The quantitative estimate of drug-likeness (QED) is 0.339. The van der Waals surface area contributed by atoms with Crippen LogP contribution in [-0.4, -0.2) is 29.7 Å². The molecule has 1 atom stereocenters. The number of carbonyl (C=O) groups is 4. The fourth-order valence-electron chi connectivity index (χ4n) is 3.67. The van der Waals surface area contributed by atoms with E-state index >= 15 is 0 Å². The Morgan fingerprint density at radius 2 is 1.50 bits per heavy atom. The third-order valence-electron chi connectivity index (χ3n) is 5.44. The van der Waals surface area contributed by atoms with Crippen molar-refractivity contribution < 1.29 is 23.9 Å². The van der Waals surface area contributed by atoms with Gasteiger partial charge in [-0.1, -0.05) is 42.5 Å². The molecule has 6 heteroatoms. The van der Waals surface area contributed by atoms with Gasteiger partial charge in [0.15, 0.2) is 6.10 Å². The zero-order chi connectivity index (χ0) is 23.0. The second kappa shape index (κ2) is 8.23. The van der Waals surface area contributed by atoms with Gasteiger partial charge in [-0.25, -0.2) is 9.69 Å². The van der Waals surface area contributed by atoms with Gasteiger partial charge in [-0.2, -0.15) is 0 Å². The molecule has 0 N–H and O–H groups in total. The van der Waals surface area contributed by atoms with E-state index in [0.29, 0.717) is 11.3 Å². The summed E-state index contributed by atoms with van der Waals surface area (Å²) in [6, 6.07) is 18.3. The number of amides is 2. The van der Waals surface area contributed by atoms with E-state index in [2.05, 4.69) is 0 Å². The lowest BCUT2D eigenvalue weighted by atomic mass is 10.1. The van der Waals surface area contributed by atoms with Crippen molar-refractivity contribution in [3.05, 3.63) is 100 Å². The summed E-state index contributed by atoms with van der Waals surface area (Å²) in [5, 5.41) is 0. The lowest BCUT2D eigenvalue weighted by Gasteiger charge is -2.17. The average molecular weight is 427 g/mol. The molecule has 0 saturated carbocycles. The first-order valence-corrected chi connectivity index (χ1v) is 10.2. The van der Waals surface area contributed by atoms with Crippen LogP contribution in [0.4, 0.5) is 5.69 Å². The van der Waals surface area contributed by atoms with Crippen LogP contribution < -0.4 is 4.90 Å². The first-order chi connectivity index (χ1) is 15.3. The van der Waals surface area contributed by atoms with Crippen LogP contribution in [0.15, 0.2) is 66.7 Å². The van der Waals surface area contributed by atoms with E-state index in [9.17, 15) is 19.2 Å². The lowest BCUT2D eigenvalue weighted by Crippen LogP contribution is -2.30. The highest BCUT2D eigenvalue weighted by atomic mass is 16.5. The number of benzene rings is 3. The van der Waals surface area contributed by atoms with Crippen molar-refractivity contribution >= 4 is 29.3 Å². The Balaban J connectivity index is 1.58. The SMILES string of the molecule is Cc1ccc(C)c(N2C(=O)c3ccc(C(=O)OC(C)C(=O)c4ccccc4)cc3C2=O)c1. The van der Waals surface area contributed by atoms with Gasteiger partial charge in [-0.15, -0.1) is 0 Å². The molecule has 4 rings (SSSR count). The summed E-state index contributed by atoms with van der Waals surface area (Å²) in [6.07, 6.45) is -0.998. The van der Waals surface area contributed by atoms with Crippen molar-refractivity contribution in [3.63, 3.8) is 0 Å². The molecule has 2 amide bonds. The van der Waals surface area contributed by atoms with E-state index in [-0.39, 0.29) is 22.5 Å². The van der Waals surface area contributed by atoms with Gasteiger partial charge in [0.2, 0.25) is 5.78 Å². The molecule has 1 aliphatic heterocycles. The van der Waals surface area contributed by atoms with Gasteiger partial charge in [0.1, 0.15) is 0 Å². The van der Waals surface area contributed by atoms with Gasteiger partial charge in [-0.3, -0.25) is 14.4 Å². The number of Topliss-reactive ketones (excluding diaryl/α,β-unsaturated/α-hetero) is 1. The molecule has 0 fully saturated rings. The second-order valence-corrected chi connectivity index (χ2v) is 7.77. The molecule has 1 unspecified atom stereocenters. The number of carbonyl (C=O) groups excluding carboxylic acids is 4. The number of aryl methyl sites for hydroxylation is 2. The Hall–Kier alpha value is -4.06. The molecular formula is C26H21NO5. The van der Waals surface area contributed by atoms with Gasteiger partial charge < -0.3 is 4.74 Å². The predicted octanol–water partition coefficient (Wildman–Crippen LogP) is 4.53. The van der Waals surface area contributed by atoms with Crippen LogP contribution in [0.3, 0.4) is 0 Å². The molecular weight excluding hydrogens is 406 g/mol. The zero-order valence-electron chi connectivity index (χ0n) is 17.9. The Morgan fingerprint density at radius 3 is 2.22 bits per heavy atom. The number of esters is 1. The fourth-order valence-corrected chi connectivity index (χ4v) is 3.67. The monoisotopic (exact) mass is 427 g/mol. The van der Waals surface area contributed by atoms with E-state index in [0.717, 1.165) is 16.0 Å². The van der Waals surface area contributed by atoms with Gasteiger partial charge >= 0.3 is 5.97 Å². The average Bonchev–Trinajstić information content (AvgIpc) is 3.04. The molecule has 1 heterocycles. The molecule has 0 spiro atoms. The first kappa shape index (κ1) is 21.2. The standard InChI is InChI=1S/C26H21NO5/c1-15-9-10-16(2)22(13-15)27-24(29)20-12-11-19(14-21(20)25(27)30)26(31)32-17(3)23(28)18-7-5-4-6-8-18/h4-14,17H,1-3H3. The number of imide groups is 1. The van der Waals surface area contributed by atoms with Gasteiger partial charge in [0.05, 0.1) is 22.4 Å². The number of ketones is 1. The van der Waals surface area contributed by atoms with Crippen LogP contribution in [0.2, 0.25) is 0 Å². The smallest absolute Gasteiger partial charge is 0.338 e. The van der Waals surface area contributed by atoms with Crippen LogP contribution in [0.25, 0.3) is 0 Å². The minimum atomic E-state index is -0.998. The third-order valence-corrected chi connectivity index (χ3v) is 5.44. The van der Waals surface area contributed by atoms with E-state index in [1.165, 1.54) is 25.1 Å². The van der Waals surface area contributed by atoms with Gasteiger partial charge in [0.25, 0.3) is 11.8 Å². The normalized spacial score (nSPS) is 13.7. The van der Waals surface area contributed by atoms with Crippen molar-refractivity contribution in [2.75, 3.05) is 4.90 Å². The summed E-state index contributed by atoms with van der Waals surface area (Å²) in [6.45, 7) is 5.21. The fraction of sp³-hybridized carbons (Fsp3) is 0.154. The molecule has 6 nitrogen and oxygen atoms in total. The summed E-state index contributed by atoms with van der Waals surface area (Å²) in [7, 11) is 0. The largest absolute Gasteiger partial charge is 0.451 e. The van der Waals surface area contributed by atoms with Crippen molar-refractivity contribution in [3.8, 4) is 0 Å². The number of ether oxygens (including phenoxy) is 1. The summed E-state index contributed by atoms with van der Waals surface area (Å²) in [4.78, 5) is 52.2. The Morgan fingerprint density at radius 1 is 0.812 bits per heavy atom. The first-order valence-electron chi connectivity index (χ1n) is 10.2. The molecule has 1 aliphatic rings. The van der Waals surface area contributed by atoms with E-state index in [1.807, 2.05) is 26.0 Å². The Bertz CT molecular complexity index is 1260. The highest BCUT2D eigenvalue weighted by Crippen LogP contribution is 2.32. The van der Waals surface area contributed by atoms with Crippen molar-refractivity contribution in [1.82, 2.24) is 0 Å². The predicted molar refractivity (Wildman–Crippen MR) is 119 cm³/mol. The van der Waals surface area contributed by atoms with Crippen molar-refractivity contribution in [2.24, 2.45) is 0 Å². The van der Waals surface area contributed by atoms with Crippen LogP contribution in [0.5, 0.6) is 0 Å². The third kappa shape index (κ3) is 3.71. The molecule has 0 bridgehead atoms. The summed E-state index contributed by atoms with van der Waals surface area (Å²) in [5.41, 5.74) is 3.12. The molecule has 0 aliphatic carbocycles. The van der Waals surface area contributed by atoms with Crippen molar-refractivity contribution in [2.45, 2.75) is 26.9 Å². The summed E-state index contributed by atoms with van der Waals surface area (Å²) < 4.78 is 5.32. The number of hydrogen-bond donors (Lipinski definition) is 0. The van der Waals surface area contributed by atoms with Crippen LogP contribution in [0.1, 0.15) is 59.5 Å². The lowest BCUT2D eigenvalue weighted by molar-refractivity contribution is 0.0318. The number of fused-ring (bicyclic) bond motifs is 1. The topological polar surface area (TPSA) is 80.8 Å². The van der Waals surface area contributed by atoms with Crippen LogP contribution >= 0.6 is 0 Å². The van der Waals surface area contributed by atoms with Crippen LogP contribution in [-0.2, 0) is 4.74 Å². The molecule has 3 aromatic rings. The summed E-state index contributed by atoms with van der Waals surface area (Å²) in [5.74, 6) is -2.00. The number of nitrogens with zero attached hydrogens (tertiary/aromatic N) is 1. The maximum Gasteiger partial charge on any atom is 0.338 e. The molecule has 3 aromatic carbocycles. The highest BCUT2D eigenvalue weighted by molar-refractivity contribution is 6.35. The Labute approximate surface area is 185 Å². The minimum absolute atomic E-state index is 0.0976. The molecule has 160 valence electrons.